The minimum atomic E-state index is -3.81. The van der Waals surface area contributed by atoms with Gasteiger partial charge in [0.1, 0.15) is 5.75 Å². The molecule has 1 aromatic rings. The van der Waals surface area contributed by atoms with Crippen molar-refractivity contribution < 1.29 is 23.1 Å². The summed E-state index contributed by atoms with van der Waals surface area (Å²) >= 11 is 0. The van der Waals surface area contributed by atoms with Crippen LogP contribution in [-0.4, -0.2) is 45.2 Å². The van der Waals surface area contributed by atoms with E-state index in [0.29, 0.717) is 17.9 Å². The Labute approximate surface area is 130 Å². The lowest BCUT2D eigenvalue weighted by Crippen LogP contribution is -2.45. The van der Waals surface area contributed by atoms with Crippen LogP contribution in [-0.2, 0) is 14.8 Å². The zero-order valence-electron chi connectivity index (χ0n) is 12.9. The molecule has 1 aromatic carbocycles. The molecule has 22 heavy (non-hydrogen) atoms. The Morgan fingerprint density at radius 3 is 2.64 bits per heavy atom. The summed E-state index contributed by atoms with van der Waals surface area (Å²) in [5, 5.41) is 11.0. The molecule has 0 bridgehead atoms. The van der Waals surface area contributed by atoms with Crippen LogP contribution in [0.25, 0.3) is 0 Å². The van der Waals surface area contributed by atoms with E-state index in [1.54, 1.807) is 13.0 Å². The van der Waals surface area contributed by atoms with Crippen LogP contribution in [0, 0.1) is 6.92 Å². The topological polar surface area (TPSA) is 105 Å². The third kappa shape index (κ3) is 4.97. The van der Waals surface area contributed by atoms with Crippen molar-refractivity contribution in [1.82, 2.24) is 10.0 Å². The highest BCUT2D eigenvalue weighted by molar-refractivity contribution is 7.89. The highest BCUT2D eigenvalue weighted by Crippen LogP contribution is 2.21. The number of ether oxygens (including phenoxy) is 1. The van der Waals surface area contributed by atoms with Gasteiger partial charge in [-0.15, -0.1) is 0 Å². The molecule has 0 spiro atoms. The second-order valence-electron chi connectivity index (χ2n) is 4.72. The van der Waals surface area contributed by atoms with Crippen LogP contribution < -0.4 is 14.8 Å². The largest absolute Gasteiger partial charge is 0.494 e. The lowest BCUT2D eigenvalue weighted by Gasteiger charge is -2.15. The van der Waals surface area contributed by atoms with Crippen molar-refractivity contribution in [3.05, 3.63) is 23.8 Å². The quantitative estimate of drug-likeness (QED) is 0.630. The first-order chi connectivity index (χ1) is 10.3. The second kappa shape index (κ2) is 8.11. The minimum absolute atomic E-state index is 0.0651. The van der Waals surface area contributed by atoms with Crippen LogP contribution in [0.2, 0.25) is 0 Å². The van der Waals surface area contributed by atoms with E-state index in [2.05, 4.69) is 10.0 Å². The van der Waals surface area contributed by atoms with E-state index >= 15 is 0 Å². The fourth-order valence-electron chi connectivity index (χ4n) is 1.79. The SMILES string of the molecule is CCOc1ccc(S(=O)(=O)N[C@@H](C)C(=O)NCCO)cc1C. The maximum atomic E-state index is 12.3. The predicted molar refractivity (Wildman–Crippen MR) is 82.2 cm³/mol. The number of carbonyl (C=O) groups excluding carboxylic acids is 1. The van der Waals surface area contributed by atoms with Gasteiger partial charge in [-0.1, -0.05) is 0 Å². The van der Waals surface area contributed by atoms with Gasteiger partial charge in [-0.3, -0.25) is 4.79 Å². The maximum absolute atomic E-state index is 12.3. The Hall–Kier alpha value is -1.64. The van der Waals surface area contributed by atoms with Crippen LogP contribution in [0.5, 0.6) is 5.75 Å². The van der Waals surface area contributed by atoms with E-state index in [1.165, 1.54) is 19.1 Å². The molecule has 0 aliphatic rings. The molecule has 1 rings (SSSR count). The molecule has 0 saturated carbocycles. The fourth-order valence-corrected chi connectivity index (χ4v) is 3.08. The molecule has 0 unspecified atom stereocenters. The number of amides is 1. The van der Waals surface area contributed by atoms with Crippen LogP contribution in [0.4, 0.5) is 0 Å². The van der Waals surface area contributed by atoms with Gasteiger partial charge in [-0.25, -0.2) is 8.42 Å². The van der Waals surface area contributed by atoms with Crippen molar-refractivity contribution in [1.29, 1.82) is 0 Å². The fraction of sp³-hybridized carbons (Fsp3) is 0.500. The number of hydrogen-bond acceptors (Lipinski definition) is 5. The molecular weight excluding hydrogens is 308 g/mol. The van der Waals surface area contributed by atoms with Gasteiger partial charge in [0.2, 0.25) is 15.9 Å². The highest BCUT2D eigenvalue weighted by Gasteiger charge is 2.22. The maximum Gasteiger partial charge on any atom is 0.241 e. The molecule has 0 heterocycles. The second-order valence-corrected chi connectivity index (χ2v) is 6.43. The molecule has 0 saturated heterocycles. The molecule has 8 heteroatoms. The van der Waals surface area contributed by atoms with Crippen molar-refractivity contribution in [2.75, 3.05) is 19.8 Å². The summed E-state index contributed by atoms with van der Waals surface area (Å²) in [6, 6.07) is 3.57. The lowest BCUT2D eigenvalue weighted by molar-refractivity contribution is -0.122. The summed E-state index contributed by atoms with van der Waals surface area (Å²) in [7, 11) is -3.81. The van der Waals surface area contributed by atoms with Crippen LogP contribution in [0.15, 0.2) is 23.1 Å². The van der Waals surface area contributed by atoms with Crippen molar-refractivity contribution >= 4 is 15.9 Å². The summed E-state index contributed by atoms with van der Waals surface area (Å²) in [5.74, 6) is 0.121. The Bertz CT molecular complexity index is 616. The van der Waals surface area contributed by atoms with E-state index in [9.17, 15) is 13.2 Å². The number of aliphatic hydroxyl groups excluding tert-OH is 1. The molecule has 3 N–H and O–H groups in total. The van der Waals surface area contributed by atoms with E-state index in [1.807, 2.05) is 6.92 Å². The van der Waals surface area contributed by atoms with Gasteiger partial charge < -0.3 is 15.2 Å². The number of carbonyl (C=O) groups is 1. The molecular formula is C14H22N2O5S. The first kappa shape index (κ1) is 18.4. The monoisotopic (exact) mass is 330 g/mol. The van der Waals surface area contributed by atoms with Crippen molar-refractivity contribution in [3.63, 3.8) is 0 Å². The highest BCUT2D eigenvalue weighted by atomic mass is 32.2. The first-order valence-corrected chi connectivity index (χ1v) is 8.44. The first-order valence-electron chi connectivity index (χ1n) is 6.96. The van der Waals surface area contributed by atoms with Gasteiger partial charge in [0.05, 0.1) is 24.2 Å². The van der Waals surface area contributed by atoms with Crippen molar-refractivity contribution in [2.45, 2.75) is 31.7 Å². The predicted octanol–water partition coefficient (Wildman–Crippen LogP) is 0.169. The van der Waals surface area contributed by atoms with Gasteiger partial charge >= 0.3 is 0 Å². The van der Waals surface area contributed by atoms with Gasteiger partial charge in [0.25, 0.3) is 0 Å². The molecule has 1 amide bonds. The number of rotatable bonds is 8. The van der Waals surface area contributed by atoms with Crippen LogP contribution in [0.3, 0.4) is 0 Å². The third-order valence-corrected chi connectivity index (χ3v) is 4.43. The van der Waals surface area contributed by atoms with Gasteiger partial charge in [0, 0.05) is 6.54 Å². The Balaban J connectivity index is 2.86. The molecule has 1 atom stereocenters. The molecule has 7 nitrogen and oxygen atoms in total. The average Bonchev–Trinajstić information content (AvgIpc) is 2.46. The minimum Gasteiger partial charge on any atom is -0.494 e. The van der Waals surface area contributed by atoms with E-state index in [4.69, 9.17) is 9.84 Å². The summed E-state index contributed by atoms with van der Waals surface area (Å²) in [5.41, 5.74) is 0.696. The summed E-state index contributed by atoms with van der Waals surface area (Å²) < 4.78 is 32.2. The number of nitrogens with one attached hydrogen (secondary N) is 2. The molecule has 0 aliphatic heterocycles. The Morgan fingerprint density at radius 2 is 2.09 bits per heavy atom. The molecule has 0 aromatic heterocycles. The number of benzene rings is 1. The van der Waals surface area contributed by atoms with Crippen molar-refractivity contribution in [2.24, 2.45) is 0 Å². The van der Waals surface area contributed by atoms with Crippen LogP contribution >= 0.6 is 0 Å². The van der Waals surface area contributed by atoms with E-state index < -0.39 is 22.0 Å². The molecule has 0 aliphatic carbocycles. The number of aryl methyl sites for hydroxylation is 1. The normalized spacial score (nSPS) is 12.7. The molecule has 124 valence electrons. The van der Waals surface area contributed by atoms with Gasteiger partial charge in [-0.2, -0.15) is 4.72 Å². The zero-order valence-corrected chi connectivity index (χ0v) is 13.7. The van der Waals surface area contributed by atoms with Gasteiger partial charge in [-0.05, 0) is 44.5 Å². The summed E-state index contributed by atoms with van der Waals surface area (Å²) in [4.78, 5) is 11.7. The third-order valence-electron chi connectivity index (χ3n) is 2.89. The Kier molecular flexibility index (Phi) is 6.79. The van der Waals surface area contributed by atoms with E-state index in [0.717, 1.165) is 0 Å². The number of sulfonamides is 1. The van der Waals surface area contributed by atoms with Gasteiger partial charge in [0.15, 0.2) is 0 Å². The molecule has 0 fully saturated rings. The van der Waals surface area contributed by atoms with Crippen LogP contribution in [0.1, 0.15) is 19.4 Å². The number of aliphatic hydroxyl groups is 1. The standard InChI is InChI=1S/C14H22N2O5S/c1-4-21-13-6-5-12(9-10(13)2)22(19,20)16-11(3)14(18)15-7-8-17/h5-6,9,11,16-17H,4,7-8H2,1-3H3,(H,15,18)/t11-/m0/s1. The van der Waals surface area contributed by atoms with Crippen molar-refractivity contribution in [3.8, 4) is 5.75 Å². The summed E-state index contributed by atoms with van der Waals surface area (Å²) in [6.07, 6.45) is 0. The Morgan fingerprint density at radius 1 is 1.41 bits per heavy atom. The molecule has 0 radical (unpaired) electrons. The van der Waals surface area contributed by atoms with E-state index in [-0.39, 0.29) is 18.0 Å². The zero-order chi connectivity index (χ0) is 16.8. The average molecular weight is 330 g/mol. The number of hydrogen-bond donors (Lipinski definition) is 3. The summed E-state index contributed by atoms with van der Waals surface area (Å²) in [6.45, 7) is 5.40. The smallest absolute Gasteiger partial charge is 0.241 e. The lowest BCUT2D eigenvalue weighted by atomic mass is 10.2.